The molecule has 0 radical (unpaired) electrons. The second-order valence-corrected chi connectivity index (χ2v) is 10.8. The Labute approximate surface area is 256 Å². The van der Waals surface area contributed by atoms with E-state index in [0.29, 0.717) is 27.7 Å². The van der Waals surface area contributed by atoms with E-state index in [-0.39, 0.29) is 37.9 Å². The van der Waals surface area contributed by atoms with E-state index in [1.807, 2.05) is 50.2 Å². The Kier molecular flexibility index (Phi) is 8.45. The zero-order valence-corrected chi connectivity index (χ0v) is 24.6. The third-order valence-electron chi connectivity index (χ3n) is 6.46. The summed E-state index contributed by atoms with van der Waals surface area (Å²) in [5.41, 5.74) is 3.78. The van der Waals surface area contributed by atoms with E-state index >= 15 is 0 Å². The number of anilines is 2. The minimum absolute atomic E-state index is 0.00851. The van der Waals surface area contributed by atoms with Crippen molar-refractivity contribution < 1.29 is 14.7 Å². The molecule has 0 aliphatic heterocycles. The predicted molar refractivity (Wildman–Crippen MR) is 170 cm³/mol. The van der Waals surface area contributed by atoms with Gasteiger partial charge in [0.25, 0.3) is 11.8 Å². The highest BCUT2D eigenvalue weighted by Crippen LogP contribution is 2.41. The van der Waals surface area contributed by atoms with E-state index in [2.05, 4.69) is 20.9 Å². The van der Waals surface area contributed by atoms with Crippen molar-refractivity contribution in [1.29, 1.82) is 0 Å². The van der Waals surface area contributed by atoms with Crippen LogP contribution in [0.4, 0.5) is 22.7 Å². The number of aryl methyl sites for hydroxylation is 2. The molecule has 42 heavy (non-hydrogen) atoms. The van der Waals surface area contributed by atoms with Crippen molar-refractivity contribution in [2.75, 3.05) is 10.6 Å². The summed E-state index contributed by atoms with van der Waals surface area (Å²) in [5.74, 6) is -1.31. The van der Waals surface area contributed by atoms with E-state index < -0.39 is 11.7 Å². The van der Waals surface area contributed by atoms with Crippen LogP contribution in [0.25, 0.3) is 10.8 Å². The Morgan fingerprint density at radius 2 is 1.24 bits per heavy atom. The van der Waals surface area contributed by atoms with Gasteiger partial charge in [0.05, 0.1) is 20.6 Å². The molecule has 10 heteroatoms. The first-order valence-corrected chi connectivity index (χ1v) is 13.8. The normalized spacial score (nSPS) is 11.2. The fourth-order valence-corrected chi connectivity index (χ4v) is 4.74. The first-order valence-electron chi connectivity index (χ1n) is 12.7. The lowest BCUT2D eigenvalue weighted by Crippen LogP contribution is -2.13. The number of nitrogens with one attached hydrogen (secondary N) is 2. The van der Waals surface area contributed by atoms with Crippen molar-refractivity contribution in [3.05, 3.63) is 122 Å². The van der Waals surface area contributed by atoms with Crippen LogP contribution in [-0.4, -0.2) is 16.9 Å². The van der Waals surface area contributed by atoms with Crippen molar-refractivity contribution in [1.82, 2.24) is 0 Å². The fourth-order valence-electron chi connectivity index (χ4n) is 4.16. The molecule has 0 aromatic heterocycles. The number of azo groups is 1. The average molecular weight is 618 g/mol. The van der Waals surface area contributed by atoms with Gasteiger partial charge in [-0.1, -0.05) is 76.3 Å². The van der Waals surface area contributed by atoms with E-state index in [4.69, 9.17) is 34.8 Å². The molecule has 0 saturated heterocycles. The molecule has 0 atom stereocenters. The van der Waals surface area contributed by atoms with E-state index in [0.717, 1.165) is 11.1 Å². The smallest absolute Gasteiger partial charge is 0.259 e. The van der Waals surface area contributed by atoms with Crippen molar-refractivity contribution >= 4 is 80.1 Å². The molecule has 0 saturated carbocycles. The Morgan fingerprint density at radius 3 is 1.86 bits per heavy atom. The second kappa shape index (κ2) is 12.2. The Hall–Kier alpha value is -4.43. The Morgan fingerprint density at radius 1 is 0.667 bits per heavy atom. The van der Waals surface area contributed by atoms with E-state index in [1.54, 1.807) is 30.3 Å². The van der Waals surface area contributed by atoms with Gasteiger partial charge in [-0.2, -0.15) is 0 Å². The third kappa shape index (κ3) is 6.39. The van der Waals surface area contributed by atoms with E-state index in [9.17, 15) is 14.7 Å². The van der Waals surface area contributed by atoms with Crippen LogP contribution >= 0.6 is 34.8 Å². The standard InChI is InChI=1S/C32H23Cl3N4O3/c1-17-3-8-21(9-4-17)36-31(41)19-7-12-23-20(13-19)14-24(32(42)37-22-10-5-18(2)6-11-22)30(40)29(23)39-38-28-16-26(34)25(33)15-27(28)35/h3-16,40H,1-2H3,(H,36,41)(H,37,42). The number of halogens is 3. The van der Waals surface area contributed by atoms with Gasteiger partial charge in [0.2, 0.25) is 0 Å². The van der Waals surface area contributed by atoms with Crippen LogP contribution in [0.1, 0.15) is 31.8 Å². The Balaban J connectivity index is 1.59. The van der Waals surface area contributed by atoms with Gasteiger partial charge in [0.15, 0.2) is 5.75 Å². The topological polar surface area (TPSA) is 103 Å². The number of fused-ring (bicyclic) bond motifs is 1. The second-order valence-electron chi connectivity index (χ2n) is 9.62. The van der Waals surface area contributed by atoms with Crippen molar-refractivity contribution in [3.63, 3.8) is 0 Å². The molecule has 2 amide bonds. The van der Waals surface area contributed by atoms with Crippen LogP contribution in [0.3, 0.4) is 0 Å². The molecule has 0 aliphatic carbocycles. The minimum atomic E-state index is -0.572. The zero-order valence-electron chi connectivity index (χ0n) is 22.4. The van der Waals surface area contributed by atoms with Gasteiger partial charge in [-0.3, -0.25) is 9.59 Å². The first-order chi connectivity index (χ1) is 20.1. The number of aromatic hydroxyl groups is 1. The lowest BCUT2D eigenvalue weighted by molar-refractivity contribution is 0.101. The molecule has 0 heterocycles. The molecule has 5 aromatic carbocycles. The number of phenols is 1. The summed E-state index contributed by atoms with van der Waals surface area (Å²) in [5, 5.41) is 26.9. The average Bonchev–Trinajstić information content (AvgIpc) is 2.96. The van der Waals surface area contributed by atoms with Crippen LogP contribution < -0.4 is 10.6 Å². The fraction of sp³-hybridized carbons (Fsp3) is 0.0625. The number of nitrogens with zero attached hydrogens (tertiary/aromatic N) is 2. The van der Waals surface area contributed by atoms with Gasteiger partial charge in [-0.15, -0.1) is 10.2 Å². The monoisotopic (exact) mass is 616 g/mol. The maximum Gasteiger partial charge on any atom is 0.259 e. The molecule has 5 rings (SSSR count). The zero-order chi connectivity index (χ0) is 30.0. The summed E-state index contributed by atoms with van der Waals surface area (Å²) in [6.07, 6.45) is 0. The summed E-state index contributed by atoms with van der Waals surface area (Å²) in [6.45, 7) is 3.89. The maximum atomic E-state index is 13.3. The summed E-state index contributed by atoms with van der Waals surface area (Å²) in [7, 11) is 0. The quantitative estimate of drug-likeness (QED) is 0.130. The van der Waals surface area contributed by atoms with Crippen LogP contribution in [0, 0.1) is 13.8 Å². The van der Waals surface area contributed by atoms with Crippen molar-refractivity contribution in [3.8, 4) is 5.75 Å². The highest BCUT2D eigenvalue weighted by Gasteiger charge is 2.20. The molecule has 0 aliphatic rings. The number of hydrogen-bond acceptors (Lipinski definition) is 5. The van der Waals surface area contributed by atoms with Crippen LogP contribution in [-0.2, 0) is 0 Å². The largest absolute Gasteiger partial charge is 0.505 e. The van der Waals surface area contributed by atoms with Crippen LogP contribution in [0.2, 0.25) is 15.1 Å². The van der Waals surface area contributed by atoms with Gasteiger partial charge in [0, 0.05) is 22.3 Å². The molecule has 0 spiro atoms. The number of rotatable bonds is 6. The lowest BCUT2D eigenvalue weighted by Gasteiger charge is -2.13. The minimum Gasteiger partial charge on any atom is -0.505 e. The molecule has 0 fully saturated rings. The van der Waals surface area contributed by atoms with Gasteiger partial charge in [-0.05, 0) is 73.8 Å². The molecule has 210 valence electrons. The number of amides is 2. The predicted octanol–water partition coefficient (Wildman–Crippen LogP) is 10.0. The van der Waals surface area contributed by atoms with Crippen LogP contribution in [0.15, 0.2) is 95.2 Å². The number of hydrogen-bond donors (Lipinski definition) is 3. The highest BCUT2D eigenvalue weighted by molar-refractivity contribution is 6.43. The summed E-state index contributed by atoms with van der Waals surface area (Å²) in [4.78, 5) is 26.4. The number of carbonyl (C=O) groups is 2. The number of phenolic OH excluding ortho intramolecular Hbond substituents is 1. The lowest BCUT2D eigenvalue weighted by atomic mass is 10.00. The summed E-state index contributed by atoms with van der Waals surface area (Å²) < 4.78 is 0. The maximum absolute atomic E-state index is 13.3. The van der Waals surface area contributed by atoms with Crippen LogP contribution in [0.5, 0.6) is 5.75 Å². The van der Waals surface area contributed by atoms with Crippen molar-refractivity contribution in [2.45, 2.75) is 13.8 Å². The third-order valence-corrected chi connectivity index (χ3v) is 7.48. The molecule has 0 unspecified atom stereocenters. The van der Waals surface area contributed by atoms with Gasteiger partial charge in [0.1, 0.15) is 11.4 Å². The van der Waals surface area contributed by atoms with Gasteiger partial charge in [-0.25, -0.2) is 0 Å². The molecular formula is C32H23Cl3N4O3. The molecule has 0 bridgehead atoms. The molecular weight excluding hydrogens is 595 g/mol. The SMILES string of the molecule is Cc1ccc(NC(=O)c2ccc3c(N=Nc4cc(Cl)c(Cl)cc4Cl)c(O)c(C(=O)Nc4ccc(C)cc4)cc3c2)cc1. The Bertz CT molecular complexity index is 1870. The summed E-state index contributed by atoms with van der Waals surface area (Å²) in [6, 6.07) is 23.9. The highest BCUT2D eigenvalue weighted by atomic mass is 35.5. The molecule has 3 N–H and O–H groups in total. The van der Waals surface area contributed by atoms with Gasteiger partial charge < -0.3 is 15.7 Å². The number of benzene rings is 5. The molecule has 5 aromatic rings. The van der Waals surface area contributed by atoms with E-state index in [1.165, 1.54) is 18.2 Å². The first kappa shape index (κ1) is 29.1. The molecule has 7 nitrogen and oxygen atoms in total. The number of carbonyl (C=O) groups excluding carboxylic acids is 2. The van der Waals surface area contributed by atoms with Crippen molar-refractivity contribution in [2.24, 2.45) is 10.2 Å². The summed E-state index contributed by atoms with van der Waals surface area (Å²) >= 11 is 18.4. The van der Waals surface area contributed by atoms with Gasteiger partial charge >= 0.3 is 0 Å².